The summed E-state index contributed by atoms with van der Waals surface area (Å²) in [4.78, 5) is 4.46. The first kappa shape index (κ1) is 11.7. The van der Waals surface area contributed by atoms with Gasteiger partial charge in [-0.25, -0.2) is 4.98 Å². The Bertz CT molecular complexity index is 679. The minimum absolute atomic E-state index is 0.615. The van der Waals surface area contributed by atoms with Gasteiger partial charge in [-0.3, -0.25) is 0 Å². The highest BCUT2D eigenvalue weighted by Gasteiger charge is 2.06. The van der Waals surface area contributed by atoms with Crippen LogP contribution in [0.25, 0.3) is 11.3 Å². The molecule has 3 rings (SSSR count). The van der Waals surface area contributed by atoms with Crippen LogP contribution in [0.1, 0.15) is 0 Å². The second kappa shape index (κ2) is 5.12. The van der Waals surface area contributed by atoms with Gasteiger partial charge in [-0.1, -0.05) is 47.7 Å². The van der Waals surface area contributed by atoms with Crippen LogP contribution in [0.5, 0.6) is 10.9 Å². The summed E-state index contributed by atoms with van der Waals surface area (Å²) >= 11 is 1.47. The summed E-state index contributed by atoms with van der Waals surface area (Å²) in [5, 5.41) is 2.60. The van der Waals surface area contributed by atoms with Gasteiger partial charge in [0.15, 0.2) is 0 Å². The minimum atomic E-state index is 0.615. The summed E-state index contributed by atoms with van der Waals surface area (Å²) in [7, 11) is 0. The smallest absolute Gasteiger partial charge is 0.279 e. The summed E-state index contributed by atoms with van der Waals surface area (Å²) in [5.74, 6) is 0.703. The Kier molecular flexibility index (Phi) is 3.16. The van der Waals surface area contributed by atoms with Crippen molar-refractivity contribution in [3.63, 3.8) is 0 Å². The number of nitrogens with two attached hydrogens (primary N) is 1. The lowest BCUT2D eigenvalue weighted by Crippen LogP contribution is -1.87. The van der Waals surface area contributed by atoms with Crippen molar-refractivity contribution in [3.8, 4) is 22.2 Å². The van der Waals surface area contributed by atoms with Crippen LogP contribution in [0.2, 0.25) is 0 Å². The molecule has 4 heteroatoms. The van der Waals surface area contributed by atoms with E-state index in [4.69, 9.17) is 10.5 Å². The lowest BCUT2D eigenvalue weighted by molar-refractivity contribution is 0.479. The fourth-order valence-electron chi connectivity index (χ4n) is 1.72. The Hall–Kier alpha value is -2.33. The highest BCUT2D eigenvalue weighted by atomic mass is 32.1. The van der Waals surface area contributed by atoms with Crippen molar-refractivity contribution in [1.82, 2.24) is 4.98 Å². The highest BCUT2D eigenvalue weighted by Crippen LogP contribution is 2.30. The fourth-order valence-corrected chi connectivity index (χ4v) is 2.42. The largest absolute Gasteiger partial charge is 0.431 e. The molecule has 0 aliphatic heterocycles. The van der Waals surface area contributed by atoms with E-state index in [2.05, 4.69) is 4.98 Å². The van der Waals surface area contributed by atoms with E-state index in [-0.39, 0.29) is 0 Å². The molecule has 0 unspecified atom stereocenters. The van der Waals surface area contributed by atoms with E-state index in [0.29, 0.717) is 16.6 Å². The number of benzene rings is 2. The topological polar surface area (TPSA) is 48.1 Å². The van der Waals surface area contributed by atoms with Gasteiger partial charge in [0, 0.05) is 22.7 Å². The second-order valence-corrected chi connectivity index (χ2v) is 4.86. The van der Waals surface area contributed by atoms with Gasteiger partial charge >= 0.3 is 0 Å². The molecule has 0 fully saturated rings. The Morgan fingerprint density at radius 2 is 1.84 bits per heavy atom. The molecule has 19 heavy (non-hydrogen) atoms. The molecule has 0 bridgehead atoms. The van der Waals surface area contributed by atoms with Crippen LogP contribution in [0, 0.1) is 0 Å². The molecule has 2 aromatic carbocycles. The van der Waals surface area contributed by atoms with Crippen molar-refractivity contribution in [2.45, 2.75) is 0 Å². The van der Waals surface area contributed by atoms with Crippen molar-refractivity contribution in [2.75, 3.05) is 5.73 Å². The maximum atomic E-state index is 5.71. The predicted octanol–water partition coefficient (Wildman–Crippen LogP) is 4.18. The van der Waals surface area contributed by atoms with Gasteiger partial charge in [0.1, 0.15) is 5.75 Å². The van der Waals surface area contributed by atoms with Gasteiger partial charge in [-0.15, -0.1) is 0 Å². The van der Waals surface area contributed by atoms with Crippen LogP contribution in [-0.4, -0.2) is 4.98 Å². The molecule has 0 saturated carbocycles. The molecule has 0 radical (unpaired) electrons. The van der Waals surface area contributed by atoms with Crippen LogP contribution >= 0.6 is 11.3 Å². The van der Waals surface area contributed by atoms with E-state index >= 15 is 0 Å². The third-order valence-electron chi connectivity index (χ3n) is 2.62. The van der Waals surface area contributed by atoms with Crippen LogP contribution in [0.4, 0.5) is 5.69 Å². The molecule has 1 aromatic heterocycles. The molecular weight excluding hydrogens is 256 g/mol. The van der Waals surface area contributed by atoms with E-state index in [1.54, 1.807) is 6.07 Å². The van der Waals surface area contributed by atoms with Crippen LogP contribution in [0.3, 0.4) is 0 Å². The quantitative estimate of drug-likeness (QED) is 0.725. The standard InChI is InChI=1S/C15H12N2OS/c16-12-7-4-8-13(9-12)18-15-17-14(10-19-15)11-5-2-1-3-6-11/h1-10H,16H2. The molecule has 1 heterocycles. The zero-order valence-corrected chi connectivity index (χ0v) is 10.9. The zero-order valence-electron chi connectivity index (χ0n) is 10.1. The summed E-state index contributed by atoms with van der Waals surface area (Å²) < 4.78 is 5.69. The van der Waals surface area contributed by atoms with E-state index in [1.165, 1.54) is 11.3 Å². The monoisotopic (exact) mass is 268 g/mol. The number of nitrogen functional groups attached to an aromatic ring is 1. The molecule has 94 valence electrons. The Balaban J connectivity index is 1.82. The van der Waals surface area contributed by atoms with Crippen LogP contribution in [0.15, 0.2) is 60.0 Å². The number of thiazole rings is 1. The van der Waals surface area contributed by atoms with Crippen molar-refractivity contribution >= 4 is 17.0 Å². The minimum Gasteiger partial charge on any atom is -0.431 e. The Morgan fingerprint density at radius 3 is 2.63 bits per heavy atom. The fraction of sp³-hybridized carbons (Fsp3) is 0. The zero-order chi connectivity index (χ0) is 13.1. The molecule has 0 saturated heterocycles. The van der Waals surface area contributed by atoms with Gasteiger partial charge in [-0.2, -0.15) is 0 Å². The summed E-state index contributed by atoms with van der Waals surface area (Å²) in [6.45, 7) is 0. The first-order chi connectivity index (χ1) is 9.31. The molecule has 0 aliphatic carbocycles. The maximum absolute atomic E-state index is 5.71. The molecule has 0 aliphatic rings. The Labute approximate surface area is 115 Å². The summed E-state index contributed by atoms with van der Waals surface area (Å²) in [5.41, 5.74) is 8.39. The van der Waals surface area contributed by atoms with Crippen molar-refractivity contribution in [1.29, 1.82) is 0 Å². The second-order valence-electron chi connectivity index (χ2n) is 4.04. The third-order valence-corrected chi connectivity index (χ3v) is 3.33. The van der Waals surface area contributed by atoms with Gasteiger partial charge < -0.3 is 10.5 Å². The number of aromatic nitrogens is 1. The van der Waals surface area contributed by atoms with E-state index in [1.807, 2.05) is 53.9 Å². The predicted molar refractivity (Wildman–Crippen MR) is 78.5 cm³/mol. The van der Waals surface area contributed by atoms with E-state index < -0.39 is 0 Å². The van der Waals surface area contributed by atoms with Crippen LogP contribution in [-0.2, 0) is 0 Å². The Morgan fingerprint density at radius 1 is 1.00 bits per heavy atom. The molecule has 3 nitrogen and oxygen atoms in total. The molecule has 0 spiro atoms. The molecule has 0 atom stereocenters. The first-order valence-electron chi connectivity index (χ1n) is 5.85. The normalized spacial score (nSPS) is 10.3. The number of rotatable bonds is 3. The summed E-state index contributed by atoms with van der Waals surface area (Å²) in [6, 6.07) is 17.4. The van der Waals surface area contributed by atoms with Crippen molar-refractivity contribution in [3.05, 3.63) is 60.0 Å². The van der Waals surface area contributed by atoms with Gasteiger partial charge in [0.05, 0.1) is 5.69 Å². The highest BCUT2D eigenvalue weighted by molar-refractivity contribution is 7.11. The van der Waals surface area contributed by atoms with Crippen molar-refractivity contribution < 1.29 is 4.74 Å². The number of hydrogen-bond acceptors (Lipinski definition) is 4. The van der Waals surface area contributed by atoms with E-state index in [9.17, 15) is 0 Å². The number of nitrogens with zero attached hydrogens (tertiary/aromatic N) is 1. The van der Waals surface area contributed by atoms with Crippen molar-refractivity contribution in [2.24, 2.45) is 0 Å². The lowest BCUT2D eigenvalue weighted by atomic mass is 10.2. The van der Waals surface area contributed by atoms with E-state index in [0.717, 1.165) is 11.3 Å². The average Bonchev–Trinajstić information content (AvgIpc) is 2.88. The average molecular weight is 268 g/mol. The number of anilines is 1. The third kappa shape index (κ3) is 2.74. The lowest BCUT2D eigenvalue weighted by Gasteiger charge is -2.01. The molecular formula is C15H12N2OS. The van der Waals surface area contributed by atoms with Crippen LogP contribution < -0.4 is 10.5 Å². The molecule has 0 amide bonds. The number of ether oxygens (including phenoxy) is 1. The number of hydrogen-bond donors (Lipinski definition) is 1. The summed E-state index contributed by atoms with van der Waals surface area (Å²) in [6.07, 6.45) is 0. The SMILES string of the molecule is Nc1cccc(Oc2nc(-c3ccccc3)cs2)c1. The van der Waals surface area contributed by atoms with Gasteiger partial charge in [-0.05, 0) is 12.1 Å². The molecule has 2 N–H and O–H groups in total. The maximum Gasteiger partial charge on any atom is 0.279 e. The first-order valence-corrected chi connectivity index (χ1v) is 6.73. The van der Waals surface area contributed by atoms with Gasteiger partial charge in [0.25, 0.3) is 5.19 Å². The van der Waals surface area contributed by atoms with Gasteiger partial charge in [0.2, 0.25) is 0 Å². The molecule has 3 aromatic rings.